The van der Waals surface area contributed by atoms with Crippen molar-refractivity contribution in [2.24, 2.45) is 0 Å². The molecule has 0 unspecified atom stereocenters. The van der Waals surface area contributed by atoms with Gasteiger partial charge in [-0.05, 0) is 48.5 Å². The molecule has 0 radical (unpaired) electrons. The van der Waals surface area contributed by atoms with Crippen molar-refractivity contribution in [2.45, 2.75) is 0 Å². The van der Waals surface area contributed by atoms with Crippen molar-refractivity contribution >= 4 is 15.9 Å². The van der Waals surface area contributed by atoms with Crippen LogP contribution in [0.4, 0.5) is 4.39 Å². The van der Waals surface area contributed by atoms with E-state index in [0.717, 1.165) is 10.0 Å². The predicted molar refractivity (Wildman–Crippen MR) is 72.8 cm³/mol. The molecule has 3 nitrogen and oxygen atoms in total. The maximum Gasteiger partial charge on any atom is 0.258 e. The zero-order valence-electron chi connectivity index (χ0n) is 9.68. The van der Waals surface area contributed by atoms with Crippen molar-refractivity contribution in [3.63, 3.8) is 0 Å². The van der Waals surface area contributed by atoms with Gasteiger partial charge in [-0.25, -0.2) is 4.39 Å². The van der Waals surface area contributed by atoms with Crippen molar-refractivity contribution in [2.75, 3.05) is 0 Å². The fourth-order valence-electron chi connectivity index (χ4n) is 1.65. The van der Waals surface area contributed by atoms with Crippen LogP contribution in [-0.2, 0) is 0 Å². The topological polar surface area (TPSA) is 38.9 Å². The summed E-state index contributed by atoms with van der Waals surface area (Å²) < 4.78 is 19.0. The van der Waals surface area contributed by atoms with E-state index in [1.165, 1.54) is 12.1 Å². The first-order chi connectivity index (χ1) is 9.22. The van der Waals surface area contributed by atoms with Gasteiger partial charge >= 0.3 is 0 Å². The molecule has 0 bridgehead atoms. The van der Waals surface area contributed by atoms with Crippen LogP contribution in [-0.4, -0.2) is 10.1 Å². The second-order valence-corrected chi connectivity index (χ2v) is 4.85. The highest BCUT2D eigenvalue weighted by Gasteiger charge is 2.10. The Morgan fingerprint density at radius 2 is 1.53 bits per heavy atom. The van der Waals surface area contributed by atoms with Crippen LogP contribution in [0.5, 0.6) is 0 Å². The lowest BCUT2D eigenvalue weighted by Crippen LogP contribution is -1.82. The van der Waals surface area contributed by atoms with Crippen LogP contribution in [0.1, 0.15) is 0 Å². The van der Waals surface area contributed by atoms with E-state index in [2.05, 4.69) is 26.1 Å². The molecule has 94 valence electrons. The molecule has 3 aromatic rings. The van der Waals surface area contributed by atoms with E-state index in [-0.39, 0.29) is 5.82 Å². The molecule has 0 N–H and O–H groups in total. The van der Waals surface area contributed by atoms with E-state index in [4.69, 9.17) is 4.52 Å². The molecule has 0 amide bonds. The van der Waals surface area contributed by atoms with Gasteiger partial charge in [0.25, 0.3) is 5.89 Å². The maximum absolute atomic E-state index is 12.8. The molecule has 0 spiro atoms. The van der Waals surface area contributed by atoms with Gasteiger partial charge in [-0.15, -0.1) is 0 Å². The Hall–Kier alpha value is -2.01. The zero-order chi connectivity index (χ0) is 13.2. The third-order valence-corrected chi connectivity index (χ3v) is 3.15. The fraction of sp³-hybridized carbons (Fsp3) is 0. The Balaban J connectivity index is 1.95. The first-order valence-electron chi connectivity index (χ1n) is 5.58. The number of rotatable bonds is 2. The second-order valence-electron chi connectivity index (χ2n) is 3.94. The van der Waals surface area contributed by atoms with Gasteiger partial charge in [0.2, 0.25) is 5.82 Å². The van der Waals surface area contributed by atoms with Crippen molar-refractivity contribution in [1.29, 1.82) is 0 Å². The molecule has 1 heterocycles. The van der Waals surface area contributed by atoms with Crippen molar-refractivity contribution in [3.8, 4) is 22.8 Å². The quantitative estimate of drug-likeness (QED) is 0.707. The van der Waals surface area contributed by atoms with Gasteiger partial charge < -0.3 is 4.52 Å². The minimum atomic E-state index is -0.291. The number of aromatic nitrogens is 2. The van der Waals surface area contributed by atoms with E-state index >= 15 is 0 Å². The highest BCUT2D eigenvalue weighted by molar-refractivity contribution is 9.10. The third kappa shape index (κ3) is 2.56. The highest BCUT2D eigenvalue weighted by atomic mass is 79.9. The number of nitrogens with zero attached hydrogens (tertiary/aromatic N) is 2. The molecule has 19 heavy (non-hydrogen) atoms. The molecule has 3 rings (SSSR count). The summed E-state index contributed by atoms with van der Waals surface area (Å²) in [6.45, 7) is 0. The SMILES string of the molecule is Fc1ccc(-c2noc(-c3ccc(Br)cc3)n2)cc1. The largest absolute Gasteiger partial charge is 0.334 e. The maximum atomic E-state index is 12.8. The molecule has 0 saturated heterocycles. The van der Waals surface area contributed by atoms with E-state index in [9.17, 15) is 4.39 Å². The van der Waals surface area contributed by atoms with Gasteiger partial charge in [-0.2, -0.15) is 4.98 Å². The summed E-state index contributed by atoms with van der Waals surface area (Å²) >= 11 is 3.36. The monoisotopic (exact) mass is 318 g/mol. The Morgan fingerprint density at radius 1 is 0.895 bits per heavy atom. The summed E-state index contributed by atoms with van der Waals surface area (Å²) in [5.41, 5.74) is 1.55. The Morgan fingerprint density at radius 3 is 2.21 bits per heavy atom. The molecular formula is C14H8BrFN2O. The van der Waals surface area contributed by atoms with Crippen LogP contribution >= 0.6 is 15.9 Å². The first kappa shape index (κ1) is 12.0. The molecule has 0 fully saturated rings. The van der Waals surface area contributed by atoms with Crippen molar-refractivity contribution in [3.05, 3.63) is 58.8 Å². The summed E-state index contributed by atoms with van der Waals surface area (Å²) in [5.74, 6) is 0.588. The molecule has 5 heteroatoms. The molecule has 0 aliphatic carbocycles. The van der Waals surface area contributed by atoms with E-state index in [1.54, 1.807) is 12.1 Å². The van der Waals surface area contributed by atoms with Gasteiger partial charge in [-0.1, -0.05) is 21.1 Å². The van der Waals surface area contributed by atoms with Gasteiger partial charge in [0, 0.05) is 15.6 Å². The summed E-state index contributed by atoms with van der Waals surface area (Å²) in [4.78, 5) is 4.29. The lowest BCUT2D eigenvalue weighted by molar-refractivity contribution is 0.432. The number of halogens is 2. The summed E-state index contributed by atoms with van der Waals surface area (Å²) in [7, 11) is 0. The molecule has 1 aromatic heterocycles. The van der Waals surface area contributed by atoms with E-state index < -0.39 is 0 Å². The lowest BCUT2D eigenvalue weighted by atomic mass is 10.2. The standard InChI is InChI=1S/C14H8BrFN2O/c15-11-5-1-10(2-6-11)14-17-13(18-19-14)9-3-7-12(16)8-4-9/h1-8H. The zero-order valence-corrected chi connectivity index (χ0v) is 11.3. The number of hydrogen-bond donors (Lipinski definition) is 0. The fourth-order valence-corrected chi connectivity index (χ4v) is 1.91. The normalized spacial score (nSPS) is 10.6. The van der Waals surface area contributed by atoms with E-state index in [0.29, 0.717) is 17.3 Å². The lowest BCUT2D eigenvalue weighted by Gasteiger charge is -1.94. The second kappa shape index (κ2) is 4.93. The summed E-state index contributed by atoms with van der Waals surface area (Å²) in [5, 5.41) is 3.89. The number of hydrogen-bond acceptors (Lipinski definition) is 3. The van der Waals surface area contributed by atoms with Crippen molar-refractivity contribution < 1.29 is 8.91 Å². The van der Waals surface area contributed by atoms with Crippen LogP contribution < -0.4 is 0 Å². The molecular weight excluding hydrogens is 311 g/mol. The van der Waals surface area contributed by atoms with Gasteiger partial charge in [0.1, 0.15) is 5.82 Å². The summed E-state index contributed by atoms with van der Waals surface area (Å²) in [6.07, 6.45) is 0. The van der Waals surface area contributed by atoms with E-state index in [1.807, 2.05) is 24.3 Å². The minimum Gasteiger partial charge on any atom is -0.334 e. The minimum absolute atomic E-state index is 0.291. The predicted octanol–water partition coefficient (Wildman–Crippen LogP) is 4.31. The van der Waals surface area contributed by atoms with Crippen LogP contribution in [0.2, 0.25) is 0 Å². The van der Waals surface area contributed by atoms with Crippen LogP contribution in [0.15, 0.2) is 57.5 Å². The first-order valence-corrected chi connectivity index (χ1v) is 6.37. The van der Waals surface area contributed by atoms with Crippen LogP contribution in [0.25, 0.3) is 22.8 Å². The molecule has 0 saturated carbocycles. The Labute approximate surface area is 117 Å². The van der Waals surface area contributed by atoms with Crippen LogP contribution in [0, 0.1) is 5.82 Å². The van der Waals surface area contributed by atoms with Gasteiger partial charge in [-0.3, -0.25) is 0 Å². The average Bonchev–Trinajstić information content (AvgIpc) is 2.90. The molecule has 0 aliphatic heterocycles. The molecule has 2 aromatic carbocycles. The number of benzene rings is 2. The van der Waals surface area contributed by atoms with Gasteiger partial charge in [0.05, 0.1) is 0 Å². The summed E-state index contributed by atoms with van der Waals surface area (Å²) in [6, 6.07) is 13.5. The van der Waals surface area contributed by atoms with Gasteiger partial charge in [0.15, 0.2) is 0 Å². The highest BCUT2D eigenvalue weighted by Crippen LogP contribution is 2.23. The average molecular weight is 319 g/mol. The Kier molecular flexibility index (Phi) is 3.13. The Bertz CT molecular complexity index is 632. The third-order valence-electron chi connectivity index (χ3n) is 2.62. The molecule has 0 atom stereocenters. The molecule has 0 aliphatic rings. The van der Waals surface area contributed by atoms with Crippen LogP contribution in [0.3, 0.4) is 0 Å². The van der Waals surface area contributed by atoms with Crippen molar-refractivity contribution in [1.82, 2.24) is 10.1 Å². The smallest absolute Gasteiger partial charge is 0.258 e.